The number of sulfonamides is 1. The van der Waals surface area contributed by atoms with E-state index in [1.807, 2.05) is 6.92 Å². The first kappa shape index (κ1) is 19.0. The standard InChI is InChI=1S/C13H20N4O5S/c1-10(14-2)9-15-13(18)6-7-16-23(21,22)12-5-3-4-11(8-12)17(19)20/h3-5,8,10,14,16H,6-7,9H2,1-2H3,(H,15,18). The second-order valence-corrected chi connectivity index (χ2v) is 6.66. The maximum absolute atomic E-state index is 12.0. The lowest BCUT2D eigenvalue weighted by atomic mass is 10.3. The molecule has 1 unspecified atom stereocenters. The van der Waals surface area contributed by atoms with E-state index in [0.717, 1.165) is 6.07 Å². The minimum atomic E-state index is -3.89. The highest BCUT2D eigenvalue weighted by Gasteiger charge is 2.17. The van der Waals surface area contributed by atoms with Crippen molar-refractivity contribution in [2.45, 2.75) is 24.3 Å². The number of hydrogen-bond acceptors (Lipinski definition) is 6. The van der Waals surface area contributed by atoms with Gasteiger partial charge in [0.2, 0.25) is 15.9 Å². The Morgan fingerprint density at radius 3 is 2.70 bits per heavy atom. The van der Waals surface area contributed by atoms with Gasteiger partial charge in [-0.15, -0.1) is 0 Å². The van der Waals surface area contributed by atoms with Crippen LogP contribution in [0.2, 0.25) is 0 Å². The first-order chi connectivity index (χ1) is 10.8. The van der Waals surface area contributed by atoms with Crippen molar-refractivity contribution in [3.8, 4) is 0 Å². The predicted octanol–water partition coefficient (Wildman–Crippen LogP) is -0.0127. The molecule has 0 radical (unpaired) electrons. The van der Waals surface area contributed by atoms with E-state index < -0.39 is 14.9 Å². The smallest absolute Gasteiger partial charge is 0.270 e. The summed E-state index contributed by atoms with van der Waals surface area (Å²) in [7, 11) is -2.13. The number of nitrogens with zero attached hydrogens (tertiary/aromatic N) is 1. The second kappa shape index (κ2) is 8.56. The van der Waals surface area contributed by atoms with E-state index >= 15 is 0 Å². The molecule has 0 aromatic heterocycles. The van der Waals surface area contributed by atoms with Crippen LogP contribution in [0.3, 0.4) is 0 Å². The topological polar surface area (TPSA) is 130 Å². The van der Waals surface area contributed by atoms with Gasteiger partial charge in [-0.1, -0.05) is 6.07 Å². The van der Waals surface area contributed by atoms with Gasteiger partial charge in [0.15, 0.2) is 0 Å². The Morgan fingerprint density at radius 1 is 1.39 bits per heavy atom. The first-order valence-electron chi connectivity index (χ1n) is 6.94. The van der Waals surface area contributed by atoms with Crippen molar-refractivity contribution >= 4 is 21.6 Å². The Bertz CT molecular complexity index is 662. The van der Waals surface area contributed by atoms with Gasteiger partial charge in [-0.3, -0.25) is 14.9 Å². The van der Waals surface area contributed by atoms with E-state index in [4.69, 9.17) is 0 Å². The van der Waals surface area contributed by atoms with Gasteiger partial charge in [0.1, 0.15) is 0 Å². The molecular formula is C13H20N4O5S. The number of nitrogens with one attached hydrogen (secondary N) is 3. The summed E-state index contributed by atoms with van der Waals surface area (Å²) in [5.74, 6) is -0.283. The zero-order valence-corrected chi connectivity index (χ0v) is 13.7. The lowest BCUT2D eigenvalue weighted by molar-refractivity contribution is -0.385. The van der Waals surface area contributed by atoms with Crippen LogP contribution in [0, 0.1) is 10.1 Å². The Balaban J connectivity index is 2.55. The highest BCUT2D eigenvalue weighted by atomic mass is 32.2. The number of rotatable bonds is 9. The summed E-state index contributed by atoms with van der Waals surface area (Å²) in [6, 6.07) is 4.83. The molecule has 0 bridgehead atoms. The van der Waals surface area contributed by atoms with Gasteiger partial charge >= 0.3 is 0 Å². The summed E-state index contributed by atoms with van der Waals surface area (Å²) in [4.78, 5) is 21.4. The molecule has 0 aliphatic heterocycles. The van der Waals surface area contributed by atoms with E-state index in [1.165, 1.54) is 18.2 Å². The quantitative estimate of drug-likeness (QED) is 0.426. The third-order valence-corrected chi connectivity index (χ3v) is 4.54. The minimum absolute atomic E-state index is 0.0232. The average molecular weight is 344 g/mol. The van der Waals surface area contributed by atoms with Crippen molar-refractivity contribution in [1.82, 2.24) is 15.4 Å². The van der Waals surface area contributed by atoms with Gasteiger partial charge in [-0.25, -0.2) is 13.1 Å². The molecular weight excluding hydrogens is 324 g/mol. The number of likely N-dealkylation sites (N-methyl/N-ethyl adjacent to an activating group) is 1. The van der Waals surface area contributed by atoms with Crippen LogP contribution in [0.15, 0.2) is 29.2 Å². The Morgan fingerprint density at radius 2 is 2.09 bits per heavy atom. The molecule has 0 heterocycles. The molecule has 3 N–H and O–H groups in total. The molecule has 0 aliphatic carbocycles. The van der Waals surface area contributed by atoms with Crippen LogP contribution in [0.4, 0.5) is 5.69 Å². The van der Waals surface area contributed by atoms with Crippen LogP contribution in [0.5, 0.6) is 0 Å². The molecule has 1 aromatic rings. The maximum atomic E-state index is 12.0. The van der Waals surface area contributed by atoms with Crippen molar-refractivity contribution in [3.63, 3.8) is 0 Å². The highest BCUT2D eigenvalue weighted by Crippen LogP contribution is 2.16. The van der Waals surface area contributed by atoms with Crippen molar-refractivity contribution in [1.29, 1.82) is 0 Å². The molecule has 0 aliphatic rings. The van der Waals surface area contributed by atoms with E-state index in [1.54, 1.807) is 7.05 Å². The second-order valence-electron chi connectivity index (χ2n) is 4.90. The van der Waals surface area contributed by atoms with Crippen molar-refractivity contribution in [2.75, 3.05) is 20.1 Å². The molecule has 128 valence electrons. The molecule has 9 nitrogen and oxygen atoms in total. The summed E-state index contributed by atoms with van der Waals surface area (Å²) in [5, 5.41) is 16.3. The van der Waals surface area contributed by atoms with Gasteiger partial charge in [0, 0.05) is 37.7 Å². The fourth-order valence-electron chi connectivity index (χ4n) is 1.60. The number of hydrogen-bond donors (Lipinski definition) is 3. The SMILES string of the molecule is CNC(C)CNC(=O)CCNS(=O)(=O)c1cccc([N+](=O)[O-])c1. The summed E-state index contributed by atoms with van der Waals surface area (Å²) in [5.41, 5.74) is -0.313. The number of non-ortho nitro benzene ring substituents is 1. The third kappa shape index (κ3) is 6.30. The number of nitro benzene ring substituents is 1. The zero-order valence-electron chi connectivity index (χ0n) is 12.9. The molecule has 0 spiro atoms. The Hall–Kier alpha value is -2.04. The molecule has 23 heavy (non-hydrogen) atoms. The van der Waals surface area contributed by atoms with Crippen LogP contribution in [-0.2, 0) is 14.8 Å². The molecule has 1 atom stereocenters. The summed E-state index contributed by atoms with van der Waals surface area (Å²) in [6.45, 7) is 2.24. The average Bonchev–Trinajstić information content (AvgIpc) is 2.52. The van der Waals surface area contributed by atoms with Crippen LogP contribution in [0.1, 0.15) is 13.3 Å². The van der Waals surface area contributed by atoms with Crippen LogP contribution in [0.25, 0.3) is 0 Å². The summed E-state index contributed by atoms with van der Waals surface area (Å²) < 4.78 is 26.3. The van der Waals surface area contributed by atoms with Crippen molar-refractivity contribution in [2.24, 2.45) is 0 Å². The number of nitro groups is 1. The van der Waals surface area contributed by atoms with E-state index in [9.17, 15) is 23.3 Å². The number of carbonyl (C=O) groups is 1. The van der Waals surface area contributed by atoms with Gasteiger partial charge in [0.25, 0.3) is 5.69 Å². The Kier molecular flexibility index (Phi) is 7.07. The lowest BCUT2D eigenvalue weighted by Gasteiger charge is -2.11. The number of carbonyl (C=O) groups excluding carboxylic acids is 1. The molecule has 0 saturated carbocycles. The molecule has 0 saturated heterocycles. The van der Waals surface area contributed by atoms with E-state index in [2.05, 4.69) is 15.4 Å². The van der Waals surface area contributed by atoms with E-state index in [0.29, 0.717) is 6.54 Å². The summed E-state index contributed by atoms with van der Waals surface area (Å²) >= 11 is 0. The maximum Gasteiger partial charge on any atom is 0.270 e. The van der Waals surface area contributed by atoms with Gasteiger partial charge < -0.3 is 10.6 Å². The van der Waals surface area contributed by atoms with Crippen molar-refractivity contribution < 1.29 is 18.1 Å². The molecule has 1 aromatic carbocycles. The van der Waals surface area contributed by atoms with Crippen LogP contribution < -0.4 is 15.4 Å². The lowest BCUT2D eigenvalue weighted by Crippen LogP contribution is -2.38. The molecule has 1 rings (SSSR count). The van der Waals surface area contributed by atoms with Gasteiger partial charge in [0.05, 0.1) is 9.82 Å². The van der Waals surface area contributed by atoms with Gasteiger partial charge in [-0.05, 0) is 20.0 Å². The number of benzene rings is 1. The summed E-state index contributed by atoms with van der Waals surface area (Å²) in [6.07, 6.45) is -0.0232. The Labute approximate surface area is 134 Å². The normalized spacial score (nSPS) is 12.6. The zero-order chi connectivity index (χ0) is 17.5. The predicted molar refractivity (Wildman–Crippen MR) is 84.4 cm³/mol. The van der Waals surface area contributed by atoms with Crippen LogP contribution >= 0.6 is 0 Å². The molecule has 0 fully saturated rings. The highest BCUT2D eigenvalue weighted by molar-refractivity contribution is 7.89. The largest absolute Gasteiger partial charge is 0.355 e. The minimum Gasteiger partial charge on any atom is -0.355 e. The van der Waals surface area contributed by atoms with Gasteiger partial charge in [-0.2, -0.15) is 0 Å². The molecule has 10 heteroatoms. The fraction of sp³-hybridized carbons (Fsp3) is 0.462. The monoisotopic (exact) mass is 344 g/mol. The fourth-order valence-corrected chi connectivity index (χ4v) is 2.67. The van der Waals surface area contributed by atoms with Crippen molar-refractivity contribution in [3.05, 3.63) is 34.4 Å². The van der Waals surface area contributed by atoms with E-state index in [-0.39, 0.29) is 35.5 Å². The third-order valence-electron chi connectivity index (χ3n) is 3.08. The first-order valence-corrected chi connectivity index (χ1v) is 8.42. The van der Waals surface area contributed by atoms with Crippen LogP contribution in [-0.4, -0.2) is 45.4 Å². The number of amides is 1. The molecule has 1 amide bonds.